The van der Waals surface area contributed by atoms with Gasteiger partial charge in [0.05, 0.1) is 4.90 Å². The minimum atomic E-state index is -4.15. The average Bonchev–Trinajstić information content (AvgIpc) is 3.02. The Kier molecular flexibility index (Phi) is 12.2. The molecule has 0 heterocycles. The van der Waals surface area contributed by atoms with E-state index in [4.69, 9.17) is 22.6 Å². The molecule has 0 bridgehead atoms. The molecule has 3 atom stereocenters. The predicted octanol–water partition coefficient (Wildman–Crippen LogP) is 0.865. The predicted molar refractivity (Wildman–Crippen MR) is 169 cm³/mol. The first-order valence-electron chi connectivity index (χ1n) is 14.2. The van der Waals surface area contributed by atoms with Crippen LogP contribution in [-0.4, -0.2) is 67.1 Å². The van der Waals surface area contributed by atoms with Crippen molar-refractivity contribution >= 4 is 33.6 Å². The van der Waals surface area contributed by atoms with E-state index >= 15 is 0 Å². The van der Waals surface area contributed by atoms with Gasteiger partial charge in [0.2, 0.25) is 27.7 Å². The number of primary amides is 1. The second-order valence-electron chi connectivity index (χ2n) is 10.4. The highest BCUT2D eigenvalue weighted by molar-refractivity contribution is 7.89. The molecular weight excluding hydrogens is 598 g/mol. The van der Waals surface area contributed by atoms with E-state index in [2.05, 4.69) is 10.6 Å². The van der Waals surface area contributed by atoms with Crippen molar-refractivity contribution in [1.29, 1.82) is 5.41 Å². The zero-order valence-corrected chi connectivity index (χ0v) is 25.7. The van der Waals surface area contributed by atoms with Crippen LogP contribution in [0.1, 0.15) is 42.0 Å². The van der Waals surface area contributed by atoms with Crippen molar-refractivity contribution in [2.45, 2.75) is 48.7 Å². The third-order valence-electron chi connectivity index (χ3n) is 7.23. The number of hydrogen-bond acceptors (Lipinski definition) is 8. The van der Waals surface area contributed by atoms with Crippen LogP contribution in [0.3, 0.4) is 0 Å². The van der Waals surface area contributed by atoms with E-state index in [1.54, 1.807) is 42.5 Å². The second kappa shape index (κ2) is 15.8. The lowest BCUT2D eigenvalue weighted by molar-refractivity contribution is -0.132. The Morgan fingerprint density at radius 2 is 1.51 bits per heavy atom. The van der Waals surface area contributed by atoms with Crippen LogP contribution >= 0.6 is 0 Å². The molecule has 14 heteroatoms. The number of nitrogens with zero attached hydrogens (tertiary/aromatic N) is 1. The Balaban J connectivity index is 1.94. The summed E-state index contributed by atoms with van der Waals surface area (Å²) in [5.74, 6) is -2.51. The van der Waals surface area contributed by atoms with Gasteiger partial charge >= 0.3 is 0 Å². The Hall–Kier alpha value is -4.79. The van der Waals surface area contributed by atoms with Crippen LogP contribution in [0.15, 0.2) is 83.8 Å². The number of rotatable bonds is 16. The highest BCUT2D eigenvalue weighted by Crippen LogP contribution is 2.21. The van der Waals surface area contributed by atoms with E-state index in [0.717, 1.165) is 4.31 Å². The lowest BCUT2D eigenvalue weighted by atomic mass is 10.0. The molecule has 3 aromatic rings. The van der Waals surface area contributed by atoms with Crippen LogP contribution < -0.4 is 27.8 Å². The normalized spacial score (nSPS) is 13.4. The summed E-state index contributed by atoms with van der Waals surface area (Å²) in [4.78, 5) is 39.7. The smallest absolute Gasteiger partial charge is 0.244 e. The van der Waals surface area contributed by atoms with Gasteiger partial charge in [-0.15, -0.1) is 0 Å². The number of phenolic OH excluding ortho intramolecular Hbond substituents is 1. The van der Waals surface area contributed by atoms with Crippen LogP contribution in [0.5, 0.6) is 5.75 Å². The molecular formula is C31H39N7O6S. The molecule has 3 aromatic carbocycles. The number of nitrogen functional groups attached to an aromatic ring is 1. The second-order valence-corrected chi connectivity index (χ2v) is 12.4. The van der Waals surface area contributed by atoms with Crippen LogP contribution in [0.4, 0.5) is 0 Å². The number of aromatic hydroxyl groups is 1. The van der Waals surface area contributed by atoms with E-state index < -0.39 is 45.9 Å². The van der Waals surface area contributed by atoms with Gasteiger partial charge in [-0.05, 0) is 67.6 Å². The highest BCUT2D eigenvalue weighted by atomic mass is 32.2. The molecule has 10 N–H and O–H groups in total. The number of hydrogen-bond donors (Lipinski definition) is 7. The number of nitrogens with two attached hydrogens (primary N) is 3. The van der Waals surface area contributed by atoms with Crippen molar-refractivity contribution in [1.82, 2.24) is 14.9 Å². The minimum Gasteiger partial charge on any atom is -0.508 e. The molecule has 0 aliphatic heterocycles. The number of benzene rings is 3. The van der Waals surface area contributed by atoms with Crippen molar-refractivity contribution in [3.8, 4) is 5.75 Å². The summed E-state index contributed by atoms with van der Waals surface area (Å²) in [6.45, 7) is 0.344. The molecule has 0 fully saturated rings. The average molecular weight is 638 g/mol. The maximum absolute atomic E-state index is 13.9. The fraction of sp³-hybridized carbons (Fsp3) is 0.290. The fourth-order valence-electron chi connectivity index (χ4n) is 4.61. The molecule has 0 saturated heterocycles. The maximum atomic E-state index is 13.9. The van der Waals surface area contributed by atoms with Crippen LogP contribution in [0, 0.1) is 5.41 Å². The summed E-state index contributed by atoms with van der Waals surface area (Å²) in [5.41, 5.74) is 18.1. The number of carbonyl (C=O) groups is 3. The molecule has 0 saturated carbocycles. The van der Waals surface area contributed by atoms with Crippen molar-refractivity contribution in [2.24, 2.45) is 17.2 Å². The van der Waals surface area contributed by atoms with E-state index in [0.29, 0.717) is 36.1 Å². The molecule has 0 aliphatic carbocycles. The number of amides is 3. The van der Waals surface area contributed by atoms with E-state index in [-0.39, 0.29) is 29.3 Å². The molecule has 0 radical (unpaired) electrons. The number of nitrogens with one attached hydrogen (secondary N) is 3. The van der Waals surface area contributed by atoms with Crippen molar-refractivity contribution in [3.05, 3.63) is 95.6 Å². The van der Waals surface area contributed by atoms with Crippen LogP contribution in [-0.2, 0) is 30.8 Å². The molecule has 3 rings (SSSR count). The lowest BCUT2D eigenvalue weighted by Gasteiger charge is -2.29. The summed E-state index contributed by atoms with van der Waals surface area (Å²) in [6, 6.07) is 15.9. The van der Waals surface area contributed by atoms with Gasteiger partial charge in [0, 0.05) is 12.6 Å². The zero-order chi connectivity index (χ0) is 33.1. The van der Waals surface area contributed by atoms with E-state index in [9.17, 15) is 27.9 Å². The largest absolute Gasteiger partial charge is 0.508 e. The Morgan fingerprint density at radius 3 is 2.07 bits per heavy atom. The lowest BCUT2D eigenvalue weighted by Crippen LogP contribution is -2.55. The molecule has 45 heavy (non-hydrogen) atoms. The van der Waals surface area contributed by atoms with E-state index in [1.165, 1.54) is 43.4 Å². The number of likely N-dealkylation sites (N-methyl/N-ethyl adjacent to an activating group) is 1. The number of carbonyl (C=O) groups excluding carboxylic acids is 3. The van der Waals surface area contributed by atoms with Crippen molar-refractivity contribution in [2.75, 3.05) is 13.6 Å². The monoisotopic (exact) mass is 637 g/mol. The van der Waals surface area contributed by atoms with Gasteiger partial charge < -0.3 is 32.9 Å². The Morgan fingerprint density at radius 1 is 0.889 bits per heavy atom. The third-order valence-corrected chi connectivity index (χ3v) is 9.11. The highest BCUT2D eigenvalue weighted by Gasteiger charge is 2.35. The zero-order valence-electron chi connectivity index (χ0n) is 24.8. The Labute approximate surface area is 262 Å². The van der Waals surface area contributed by atoms with Gasteiger partial charge in [-0.2, -0.15) is 4.31 Å². The molecule has 0 unspecified atom stereocenters. The van der Waals surface area contributed by atoms with Gasteiger partial charge in [0.15, 0.2) is 0 Å². The van der Waals surface area contributed by atoms with Crippen LogP contribution in [0.2, 0.25) is 0 Å². The Bertz CT molecular complexity index is 1580. The first-order chi connectivity index (χ1) is 21.3. The molecule has 13 nitrogen and oxygen atoms in total. The van der Waals surface area contributed by atoms with E-state index in [1.807, 2.05) is 0 Å². The number of unbranched alkanes of at least 4 members (excludes halogenated alkanes) is 1. The number of amidine groups is 1. The van der Waals surface area contributed by atoms with Gasteiger partial charge in [0.25, 0.3) is 0 Å². The topological polar surface area (TPSA) is 235 Å². The first kappa shape index (κ1) is 34.7. The summed E-state index contributed by atoms with van der Waals surface area (Å²) < 4.78 is 28.1. The summed E-state index contributed by atoms with van der Waals surface area (Å²) in [7, 11) is -2.87. The SMILES string of the molecule is CN([C@@H](Cc1ccc(C(=N)N)cc1)C(=O)N[C@@H](CCCCN)C(=O)N[C@@H](C(N)=O)c1ccc(O)cc1)S(=O)(=O)c1ccccc1. The molecule has 240 valence electrons. The molecule has 0 spiro atoms. The number of sulfonamides is 1. The van der Waals surface area contributed by atoms with Gasteiger partial charge in [-0.25, -0.2) is 8.42 Å². The van der Waals surface area contributed by atoms with Gasteiger partial charge in [0.1, 0.15) is 29.7 Å². The summed E-state index contributed by atoms with van der Waals surface area (Å²) in [6.07, 6.45) is 1.07. The quantitative estimate of drug-likeness (QED) is 0.0674. The molecule has 3 amide bonds. The van der Waals surface area contributed by atoms with Crippen LogP contribution in [0.25, 0.3) is 0 Å². The first-order valence-corrected chi connectivity index (χ1v) is 15.6. The standard InChI is InChI=1S/C31H39N7O6S/c1-38(45(43,44)24-7-3-2-4-8-24)26(19-20-10-12-22(13-11-20)28(33)34)31(42)36-25(9-5-6-18-32)30(41)37-27(29(35)40)21-14-16-23(39)17-15-21/h2-4,7-8,10-17,25-27,39H,5-6,9,18-19,32H2,1H3,(H3,33,34)(H2,35,40)(H,36,42)(H,37,41)/t25-,26-,27+/m0/s1. The van der Waals surface area contributed by atoms with Gasteiger partial charge in [-0.3, -0.25) is 19.8 Å². The van der Waals surface area contributed by atoms with Crippen molar-refractivity contribution < 1.29 is 27.9 Å². The molecule has 0 aliphatic rings. The summed E-state index contributed by atoms with van der Waals surface area (Å²) in [5, 5.41) is 22.5. The third kappa shape index (κ3) is 9.35. The van der Waals surface area contributed by atoms with Crippen molar-refractivity contribution in [3.63, 3.8) is 0 Å². The summed E-state index contributed by atoms with van der Waals surface area (Å²) >= 11 is 0. The maximum Gasteiger partial charge on any atom is 0.244 e. The van der Waals surface area contributed by atoms with Gasteiger partial charge in [-0.1, -0.05) is 54.6 Å². The minimum absolute atomic E-state index is 0.0207. The molecule has 0 aromatic heterocycles. The number of phenols is 1. The fourth-order valence-corrected chi connectivity index (χ4v) is 5.95.